The average Bonchev–Trinajstić information content (AvgIpc) is 2.23. The van der Waals surface area contributed by atoms with Crippen LogP contribution in [-0.2, 0) is 7.05 Å². The zero-order valence-electron chi connectivity index (χ0n) is 8.97. The third kappa shape index (κ3) is 1.58. The van der Waals surface area contributed by atoms with Gasteiger partial charge >= 0.3 is 0 Å². The summed E-state index contributed by atoms with van der Waals surface area (Å²) in [6.07, 6.45) is 0. The first-order valence-corrected chi connectivity index (χ1v) is 5.85. The van der Waals surface area contributed by atoms with Gasteiger partial charge < -0.3 is 4.57 Å². The van der Waals surface area contributed by atoms with Crippen LogP contribution in [0.25, 0.3) is 10.9 Å². The molecule has 0 aliphatic carbocycles. The van der Waals surface area contributed by atoms with Crippen LogP contribution in [0.15, 0.2) is 23.0 Å². The fraction of sp³-hybridized carbons (Fsp3) is 0.250. The second-order valence-corrected chi connectivity index (χ2v) is 4.89. The quantitative estimate of drug-likeness (QED) is 0.686. The van der Waals surface area contributed by atoms with E-state index >= 15 is 0 Å². The number of benzene rings is 1. The van der Waals surface area contributed by atoms with Crippen molar-refractivity contribution in [2.45, 2.75) is 13.8 Å². The summed E-state index contributed by atoms with van der Waals surface area (Å²) in [6, 6.07) is 6.00. The van der Waals surface area contributed by atoms with Gasteiger partial charge in [0.25, 0.3) is 0 Å². The number of aryl methyl sites for hydroxylation is 2. The summed E-state index contributed by atoms with van der Waals surface area (Å²) < 4.78 is 2.88. The summed E-state index contributed by atoms with van der Waals surface area (Å²) in [6.45, 7) is 3.98. The first-order chi connectivity index (χ1) is 7.02. The van der Waals surface area contributed by atoms with Crippen molar-refractivity contribution in [3.05, 3.63) is 43.2 Å². The fourth-order valence-electron chi connectivity index (χ4n) is 1.73. The summed E-state index contributed by atoms with van der Waals surface area (Å²) in [7, 11) is 1.99. The van der Waals surface area contributed by atoms with Crippen LogP contribution in [-0.4, -0.2) is 4.57 Å². The molecule has 0 N–H and O–H groups in total. The molecule has 2 rings (SSSR count). The van der Waals surface area contributed by atoms with Crippen molar-refractivity contribution in [3.63, 3.8) is 0 Å². The molecule has 0 atom stereocenters. The van der Waals surface area contributed by atoms with Gasteiger partial charge in [-0.25, -0.2) is 0 Å². The predicted molar refractivity (Wildman–Crippen MR) is 71.4 cm³/mol. The van der Waals surface area contributed by atoms with E-state index in [4.69, 9.17) is 0 Å². The molecule has 0 saturated heterocycles. The predicted octanol–water partition coefficient (Wildman–Crippen LogP) is 2.76. The smallest absolute Gasteiger partial charge is 0.202 e. The fourth-order valence-corrected chi connectivity index (χ4v) is 2.39. The van der Waals surface area contributed by atoms with Crippen molar-refractivity contribution in [1.82, 2.24) is 4.57 Å². The Morgan fingerprint density at radius 2 is 1.93 bits per heavy atom. The van der Waals surface area contributed by atoms with Crippen molar-refractivity contribution in [2.24, 2.45) is 7.05 Å². The van der Waals surface area contributed by atoms with Crippen molar-refractivity contribution in [3.8, 4) is 0 Å². The lowest BCUT2D eigenvalue weighted by Crippen LogP contribution is -2.14. The van der Waals surface area contributed by atoms with Gasteiger partial charge in [-0.05, 0) is 48.6 Å². The zero-order valence-corrected chi connectivity index (χ0v) is 11.1. The van der Waals surface area contributed by atoms with Crippen molar-refractivity contribution < 1.29 is 0 Å². The van der Waals surface area contributed by atoms with Crippen LogP contribution in [0.1, 0.15) is 11.3 Å². The van der Waals surface area contributed by atoms with Crippen molar-refractivity contribution >= 4 is 33.5 Å². The van der Waals surface area contributed by atoms with E-state index in [0.29, 0.717) is 0 Å². The molecule has 0 aliphatic heterocycles. The van der Waals surface area contributed by atoms with E-state index in [2.05, 4.69) is 27.2 Å². The third-order valence-electron chi connectivity index (χ3n) is 2.78. The summed E-state index contributed by atoms with van der Waals surface area (Å²) in [5.74, 6) is 0. The normalized spacial score (nSPS) is 10.9. The van der Waals surface area contributed by atoms with Crippen LogP contribution in [0, 0.1) is 17.4 Å². The Labute approximate surface area is 102 Å². The van der Waals surface area contributed by atoms with Crippen LogP contribution < -0.4 is 5.43 Å². The molecule has 0 fully saturated rings. The molecule has 0 bridgehead atoms. The van der Waals surface area contributed by atoms with Gasteiger partial charge in [-0.15, -0.1) is 0 Å². The molecule has 15 heavy (non-hydrogen) atoms. The molecule has 1 aromatic carbocycles. The van der Waals surface area contributed by atoms with Gasteiger partial charge in [0.1, 0.15) is 0 Å². The first kappa shape index (κ1) is 10.7. The highest BCUT2D eigenvalue weighted by Crippen LogP contribution is 2.16. The van der Waals surface area contributed by atoms with Gasteiger partial charge in [0, 0.05) is 18.1 Å². The third-order valence-corrected chi connectivity index (χ3v) is 4.05. The number of aromatic nitrogens is 1. The summed E-state index contributed by atoms with van der Waals surface area (Å²) in [5, 5.41) is 0.813. The Morgan fingerprint density at radius 1 is 1.27 bits per heavy atom. The number of halogens is 1. The number of fused-ring (bicyclic) bond motifs is 1. The van der Waals surface area contributed by atoms with E-state index in [1.54, 1.807) is 0 Å². The van der Waals surface area contributed by atoms with Crippen LogP contribution in [0.2, 0.25) is 0 Å². The van der Waals surface area contributed by atoms with E-state index < -0.39 is 0 Å². The van der Waals surface area contributed by atoms with Gasteiger partial charge in [0.2, 0.25) is 5.43 Å². The Hall–Kier alpha value is -0.840. The molecule has 0 aliphatic rings. The number of hydrogen-bond acceptors (Lipinski definition) is 1. The van der Waals surface area contributed by atoms with Crippen LogP contribution >= 0.6 is 22.6 Å². The first-order valence-electron chi connectivity index (χ1n) is 4.78. The van der Waals surface area contributed by atoms with Gasteiger partial charge in [-0.2, -0.15) is 0 Å². The number of pyridine rings is 1. The highest BCUT2D eigenvalue weighted by atomic mass is 127. The molecule has 2 aromatic rings. The van der Waals surface area contributed by atoms with Crippen molar-refractivity contribution in [2.75, 3.05) is 0 Å². The molecule has 0 spiro atoms. The Balaban J connectivity index is 3.08. The maximum Gasteiger partial charge on any atom is 0.202 e. The van der Waals surface area contributed by atoms with E-state index in [1.165, 1.54) is 0 Å². The van der Waals surface area contributed by atoms with Gasteiger partial charge in [-0.3, -0.25) is 4.79 Å². The minimum Gasteiger partial charge on any atom is -0.347 e. The molecular formula is C12H12INO. The molecule has 1 heterocycles. The SMILES string of the molecule is Cc1ccc2c(c1)c(=O)c(I)c(C)n2C. The molecule has 0 unspecified atom stereocenters. The van der Waals surface area contributed by atoms with E-state index in [9.17, 15) is 4.79 Å². The molecule has 0 radical (unpaired) electrons. The summed E-state index contributed by atoms with van der Waals surface area (Å²) in [5.41, 5.74) is 3.30. The lowest BCUT2D eigenvalue weighted by Gasteiger charge is -2.11. The Kier molecular flexibility index (Phi) is 2.58. The molecule has 2 nitrogen and oxygen atoms in total. The number of nitrogens with zero attached hydrogens (tertiary/aromatic N) is 1. The number of rotatable bonds is 0. The highest BCUT2D eigenvalue weighted by Gasteiger charge is 2.09. The van der Waals surface area contributed by atoms with Gasteiger partial charge in [-0.1, -0.05) is 11.6 Å². The monoisotopic (exact) mass is 313 g/mol. The van der Waals surface area contributed by atoms with E-state index in [1.807, 2.05) is 39.1 Å². The topological polar surface area (TPSA) is 22.0 Å². The lowest BCUT2D eigenvalue weighted by molar-refractivity contribution is 0.889. The van der Waals surface area contributed by atoms with Gasteiger partial charge in [0.15, 0.2) is 0 Å². The highest BCUT2D eigenvalue weighted by molar-refractivity contribution is 14.1. The molecule has 78 valence electrons. The van der Waals surface area contributed by atoms with Crippen LogP contribution in [0.4, 0.5) is 0 Å². The van der Waals surface area contributed by atoms with E-state index in [0.717, 1.165) is 25.7 Å². The number of hydrogen-bond donors (Lipinski definition) is 0. The molecule has 0 saturated carbocycles. The largest absolute Gasteiger partial charge is 0.347 e. The van der Waals surface area contributed by atoms with Crippen molar-refractivity contribution in [1.29, 1.82) is 0 Å². The Morgan fingerprint density at radius 3 is 2.60 bits per heavy atom. The standard InChI is InChI=1S/C12H12INO/c1-7-4-5-10-9(6-7)12(15)11(13)8(2)14(10)3/h4-6H,1-3H3. The molecular weight excluding hydrogens is 301 g/mol. The van der Waals surface area contributed by atoms with Gasteiger partial charge in [0.05, 0.1) is 9.09 Å². The molecule has 3 heteroatoms. The molecule has 1 aromatic heterocycles. The van der Waals surface area contributed by atoms with E-state index in [-0.39, 0.29) is 5.43 Å². The minimum absolute atomic E-state index is 0.143. The van der Waals surface area contributed by atoms with Crippen LogP contribution in [0.3, 0.4) is 0 Å². The second-order valence-electron chi connectivity index (χ2n) is 3.81. The molecule has 0 amide bonds. The zero-order chi connectivity index (χ0) is 11.2. The second kappa shape index (κ2) is 3.63. The maximum atomic E-state index is 12.0. The summed E-state index contributed by atoms with van der Waals surface area (Å²) in [4.78, 5) is 12.0. The maximum absolute atomic E-state index is 12.0. The summed E-state index contributed by atoms with van der Waals surface area (Å²) >= 11 is 2.12. The Bertz CT molecular complexity index is 599. The minimum atomic E-state index is 0.143. The van der Waals surface area contributed by atoms with Crippen LogP contribution in [0.5, 0.6) is 0 Å². The lowest BCUT2D eigenvalue weighted by atomic mass is 10.1. The average molecular weight is 313 g/mol.